The third-order valence-electron chi connectivity index (χ3n) is 3.35. The fourth-order valence-corrected chi connectivity index (χ4v) is 2.59. The van der Waals surface area contributed by atoms with Gasteiger partial charge in [-0.3, -0.25) is 0 Å². The maximum Gasteiger partial charge on any atom is 0.138 e. The SMILES string of the molecule is NC1c2ccccc2CC1Oc1ccccc1Cl. The summed E-state index contributed by atoms with van der Waals surface area (Å²) in [6, 6.07) is 15.6. The van der Waals surface area contributed by atoms with Crippen molar-refractivity contribution in [3.05, 3.63) is 64.7 Å². The molecule has 92 valence electrons. The monoisotopic (exact) mass is 259 g/mol. The largest absolute Gasteiger partial charge is 0.487 e. The molecule has 0 radical (unpaired) electrons. The Hall–Kier alpha value is -1.51. The Morgan fingerprint density at radius 1 is 1.06 bits per heavy atom. The highest BCUT2D eigenvalue weighted by Gasteiger charge is 2.31. The second kappa shape index (κ2) is 4.63. The van der Waals surface area contributed by atoms with Gasteiger partial charge < -0.3 is 10.5 Å². The van der Waals surface area contributed by atoms with Gasteiger partial charge in [-0.15, -0.1) is 0 Å². The first kappa shape index (κ1) is 11.6. The molecule has 0 amide bonds. The van der Waals surface area contributed by atoms with Crippen LogP contribution in [0, 0.1) is 0 Å². The summed E-state index contributed by atoms with van der Waals surface area (Å²) in [4.78, 5) is 0. The summed E-state index contributed by atoms with van der Waals surface area (Å²) in [6.07, 6.45) is 0.796. The molecule has 2 atom stereocenters. The van der Waals surface area contributed by atoms with Gasteiger partial charge in [-0.2, -0.15) is 0 Å². The Morgan fingerprint density at radius 3 is 2.56 bits per heavy atom. The fraction of sp³-hybridized carbons (Fsp3) is 0.200. The lowest BCUT2D eigenvalue weighted by Gasteiger charge is -2.19. The Kier molecular flexibility index (Phi) is 2.98. The van der Waals surface area contributed by atoms with E-state index in [0.717, 1.165) is 6.42 Å². The van der Waals surface area contributed by atoms with Crippen LogP contribution >= 0.6 is 11.6 Å². The van der Waals surface area contributed by atoms with Crippen LogP contribution in [0.2, 0.25) is 5.02 Å². The topological polar surface area (TPSA) is 35.2 Å². The van der Waals surface area contributed by atoms with Crippen LogP contribution in [-0.2, 0) is 6.42 Å². The second-order valence-corrected chi connectivity index (χ2v) is 4.92. The molecule has 2 unspecified atom stereocenters. The minimum absolute atomic E-state index is 0.0395. The Morgan fingerprint density at radius 2 is 1.78 bits per heavy atom. The van der Waals surface area contributed by atoms with Gasteiger partial charge in [-0.25, -0.2) is 0 Å². The number of hydrogen-bond acceptors (Lipinski definition) is 2. The van der Waals surface area contributed by atoms with Crippen LogP contribution < -0.4 is 10.5 Å². The van der Waals surface area contributed by atoms with Gasteiger partial charge >= 0.3 is 0 Å². The first-order valence-electron chi connectivity index (χ1n) is 6.00. The van der Waals surface area contributed by atoms with Gasteiger partial charge in [0.25, 0.3) is 0 Å². The third-order valence-corrected chi connectivity index (χ3v) is 3.66. The molecule has 2 aromatic carbocycles. The normalized spacial score (nSPS) is 21.7. The lowest BCUT2D eigenvalue weighted by atomic mass is 10.1. The van der Waals surface area contributed by atoms with Crippen molar-refractivity contribution in [3.63, 3.8) is 0 Å². The quantitative estimate of drug-likeness (QED) is 0.898. The van der Waals surface area contributed by atoms with Crippen LogP contribution in [0.1, 0.15) is 17.2 Å². The highest BCUT2D eigenvalue weighted by Crippen LogP contribution is 2.34. The van der Waals surface area contributed by atoms with Crippen LogP contribution in [0.3, 0.4) is 0 Å². The van der Waals surface area contributed by atoms with Crippen LogP contribution in [0.25, 0.3) is 0 Å². The molecule has 0 aromatic heterocycles. The zero-order valence-corrected chi connectivity index (χ0v) is 10.6. The zero-order chi connectivity index (χ0) is 12.5. The minimum Gasteiger partial charge on any atom is -0.487 e. The predicted molar refractivity (Wildman–Crippen MR) is 72.9 cm³/mol. The van der Waals surface area contributed by atoms with Gasteiger partial charge in [0.05, 0.1) is 11.1 Å². The zero-order valence-electron chi connectivity index (χ0n) is 9.84. The number of benzene rings is 2. The van der Waals surface area contributed by atoms with Crippen molar-refractivity contribution in [2.45, 2.75) is 18.6 Å². The average Bonchev–Trinajstić information content (AvgIpc) is 2.70. The summed E-state index contributed by atoms with van der Waals surface area (Å²) in [5, 5.41) is 0.626. The lowest BCUT2D eigenvalue weighted by Crippen LogP contribution is -2.27. The van der Waals surface area contributed by atoms with E-state index in [-0.39, 0.29) is 12.1 Å². The molecule has 1 aliphatic rings. The fourth-order valence-electron chi connectivity index (χ4n) is 2.41. The Balaban J connectivity index is 1.83. The van der Waals surface area contributed by atoms with E-state index in [0.29, 0.717) is 10.8 Å². The van der Waals surface area contributed by atoms with Crippen LogP contribution in [0.15, 0.2) is 48.5 Å². The van der Waals surface area contributed by atoms with E-state index in [1.54, 1.807) is 0 Å². The second-order valence-electron chi connectivity index (χ2n) is 4.52. The first-order valence-corrected chi connectivity index (χ1v) is 6.38. The number of para-hydroxylation sites is 1. The van der Waals surface area contributed by atoms with Crippen LogP contribution in [0.5, 0.6) is 5.75 Å². The molecule has 0 bridgehead atoms. The summed E-state index contributed by atoms with van der Waals surface area (Å²) in [6.45, 7) is 0. The molecule has 3 heteroatoms. The van der Waals surface area contributed by atoms with E-state index >= 15 is 0 Å². The van der Waals surface area contributed by atoms with Gasteiger partial charge in [0.15, 0.2) is 0 Å². The summed E-state index contributed by atoms with van der Waals surface area (Å²) < 4.78 is 5.94. The molecule has 1 aliphatic carbocycles. The Labute approximate surface area is 111 Å². The summed E-state index contributed by atoms with van der Waals surface area (Å²) in [5.41, 5.74) is 8.66. The van der Waals surface area contributed by atoms with Gasteiger partial charge in [0.1, 0.15) is 11.9 Å². The molecular formula is C15H14ClNO. The maximum atomic E-state index is 6.22. The molecular weight excluding hydrogens is 246 g/mol. The number of rotatable bonds is 2. The first-order chi connectivity index (χ1) is 8.75. The van der Waals surface area contributed by atoms with Gasteiger partial charge in [0, 0.05) is 6.42 Å². The number of hydrogen-bond donors (Lipinski definition) is 1. The van der Waals surface area contributed by atoms with Crippen molar-refractivity contribution in [1.29, 1.82) is 0 Å². The number of ether oxygens (including phenoxy) is 1. The van der Waals surface area contributed by atoms with E-state index < -0.39 is 0 Å². The standard InChI is InChI=1S/C15H14ClNO/c16-12-7-3-4-8-13(12)18-14-9-10-5-1-2-6-11(10)15(14)17/h1-8,14-15H,9,17H2. The lowest BCUT2D eigenvalue weighted by molar-refractivity contribution is 0.185. The van der Waals surface area contributed by atoms with Crippen molar-refractivity contribution in [1.82, 2.24) is 0 Å². The number of nitrogens with two attached hydrogens (primary N) is 1. The molecule has 0 heterocycles. The van der Waals surface area contributed by atoms with Crippen molar-refractivity contribution >= 4 is 11.6 Å². The smallest absolute Gasteiger partial charge is 0.138 e. The van der Waals surface area contributed by atoms with E-state index in [2.05, 4.69) is 12.1 Å². The third kappa shape index (κ3) is 1.98. The molecule has 3 rings (SSSR count). The van der Waals surface area contributed by atoms with Crippen molar-refractivity contribution in [2.24, 2.45) is 5.73 Å². The average molecular weight is 260 g/mol. The molecule has 0 spiro atoms. The maximum absolute atomic E-state index is 6.22. The van der Waals surface area contributed by atoms with Crippen molar-refractivity contribution in [2.75, 3.05) is 0 Å². The van der Waals surface area contributed by atoms with Crippen LogP contribution in [-0.4, -0.2) is 6.10 Å². The minimum atomic E-state index is -0.0857. The molecule has 2 nitrogen and oxygen atoms in total. The molecule has 18 heavy (non-hydrogen) atoms. The van der Waals surface area contributed by atoms with Crippen LogP contribution in [0.4, 0.5) is 0 Å². The van der Waals surface area contributed by atoms with Gasteiger partial charge in [-0.1, -0.05) is 48.0 Å². The number of halogens is 1. The molecule has 0 saturated carbocycles. The predicted octanol–water partition coefficient (Wildman–Crippen LogP) is 3.34. The number of fused-ring (bicyclic) bond motifs is 1. The van der Waals surface area contributed by atoms with E-state index in [9.17, 15) is 0 Å². The van der Waals surface area contributed by atoms with E-state index in [1.807, 2.05) is 36.4 Å². The van der Waals surface area contributed by atoms with Crippen molar-refractivity contribution in [3.8, 4) is 5.75 Å². The molecule has 2 aromatic rings. The van der Waals surface area contributed by atoms with Gasteiger partial charge in [-0.05, 0) is 23.3 Å². The Bertz CT molecular complexity index is 570. The molecule has 0 fully saturated rings. The molecule has 0 aliphatic heterocycles. The van der Waals surface area contributed by atoms with Crippen molar-refractivity contribution < 1.29 is 4.74 Å². The molecule has 0 saturated heterocycles. The summed E-state index contributed by atoms with van der Waals surface area (Å²) in [7, 11) is 0. The molecule has 2 N–H and O–H groups in total. The van der Waals surface area contributed by atoms with E-state index in [1.165, 1.54) is 11.1 Å². The van der Waals surface area contributed by atoms with E-state index in [4.69, 9.17) is 22.1 Å². The highest BCUT2D eigenvalue weighted by atomic mass is 35.5. The summed E-state index contributed by atoms with van der Waals surface area (Å²) >= 11 is 6.10. The van der Waals surface area contributed by atoms with Gasteiger partial charge in [0.2, 0.25) is 0 Å². The summed E-state index contributed by atoms with van der Waals surface area (Å²) in [5.74, 6) is 0.701. The highest BCUT2D eigenvalue weighted by molar-refractivity contribution is 6.32.